The molecule has 1 aromatic rings. The van der Waals surface area contributed by atoms with E-state index >= 15 is 0 Å². The van der Waals surface area contributed by atoms with E-state index in [0.29, 0.717) is 29.7 Å². The third-order valence-corrected chi connectivity index (χ3v) is 8.04. The monoisotopic (exact) mass is 435 g/mol. The van der Waals surface area contributed by atoms with Crippen molar-refractivity contribution in [2.45, 2.75) is 32.6 Å². The minimum atomic E-state index is -1.14. The number of amides is 2. The second-order valence-electron chi connectivity index (χ2n) is 9.49. The van der Waals surface area contributed by atoms with Crippen molar-refractivity contribution in [3.8, 4) is 11.5 Å². The number of nitrogens with one attached hydrogen (secondary N) is 1. The number of hydrogen-bond donors (Lipinski definition) is 2. The number of carbonyl (C=O) groups is 4. The summed E-state index contributed by atoms with van der Waals surface area (Å²) in [5.74, 6) is -3.30. The molecule has 7 nitrogen and oxygen atoms in total. The van der Waals surface area contributed by atoms with E-state index in [4.69, 9.17) is 4.74 Å². The molecule has 32 heavy (non-hydrogen) atoms. The number of imide groups is 1. The number of methoxy groups -OCH3 is 1. The van der Waals surface area contributed by atoms with Crippen LogP contribution in [-0.4, -0.2) is 35.6 Å². The van der Waals surface area contributed by atoms with E-state index in [0.717, 1.165) is 5.57 Å². The second-order valence-corrected chi connectivity index (χ2v) is 9.49. The summed E-state index contributed by atoms with van der Waals surface area (Å²) in [5.41, 5.74) is 0.508. The number of ether oxygens (including phenoxy) is 1. The molecule has 7 heteroatoms. The Labute approximate surface area is 185 Å². The van der Waals surface area contributed by atoms with Gasteiger partial charge < -0.3 is 9.84 Å². The molecule has 5 rings (SSSR count). The van der Waals surface area contributed by atoms with Crippen molar-refractivity contribution in [2.24, 2.45) is 29.1 Å². The van der Waals surface area contributed by atoms with Gasteiger partial charge >= 0.3 is 0 Å². The second kappa shape index (κ2) is 6.89. The molecule has 166 valence electrons. The number of phenolic OH excluding ortho intramolecular Hbond substituents is 1. The molecule has 2 fully saturated rings. The van der Waals surface area contributed by atoms with Crippen LogP contribution in [0.4, 0.5) is 0 Å². The minimum absolute atomic E-state index is 0.0302. The third-order valence-electron chi connectivity index (χ3n) is 8.04. The van der Waals surface area contributed by atoms with Crippen molar-refractivity contribution in [3.63, 3.8) is 0 Å². The first-order valence-electron chi connectivity index (χ1n) is 10.9. The third kappa shape index (κ3) is 2.54. The van der Waals surface area contributed by atoms with Crippen molar-refractivity contribution in [1.29, 1.82) is 0 Å². The lowest BCUT2D eigenvalue weighted by Gasteiger charge is -2.53. The molecule has 0 unspecified atom stereocenters. The Kier molecular flexibility index (Phi) is 4.45. The topological polar surface area (TPSA) is 110 Å². The molecule has 1 saturated heterocycles. The van der Waals surface area contributed by atoms with Crippen LogP contribution in [0.25, 0.3) is 0 Å². The van der Waals surface area contributed by atoms with Crippen LogP contribution in [0.3, 0.4) is 0 Å². The van der Waals surface area contributed by atoms with Crippen molar-refractivity contribution in [2.75, 3.05) is 7.11 Å². The molecule has 0 bridgehead atoms. The molecule has 1 aliphatic heterocycles. The lowest BCUT2D eigenvalue weighted by molar-refractivity contribution is -0.141. The van der Waals surface area contributed by atoms with E-state index in [9.17, 15) is 24.3 Å². The Morgan fingerprint density at radius 1 is 1.12 bits per heavy atom. The Bertz CT molecular complexity index is 1150. The molecule has 1 heterocycles. The number of Topliss-reactive ketones (excluding diaryl/α,β-unsaturated/α-hetero) is 1. The molecule has 2 N–H and O–H groups in total. The van der Waals surface area contributed by atoms with Crippen molar-refractivity contribution < 1.29 is 29.0 Å². The quantitative estimate of drug-likeness (QED) is 0.546. The van der Waals surface area contributed by atoms with Gasteiger partial charge in [-0.05, 0) is 49.5 Å². The van der Waals surface area contributed by atoms with Gasteiger partial charge in [-0.15, -0.1) is 0 Å². The van der Waals surface area contributed by atoms with Gasteiger partial charge in [0.25, 0.3) is 0 Å². The molecule has 0 aromatic heterocycles. The number of rotatable bonds is 2. The molecular weight excluding hydrogens is 410 g/mol. The first-order valence-corrected chi connectivity index (χ1v) is 10.9. The summed E-state index contributed by atoms with van der Waals surface area (Å²) in [6.45, 7) is 3.43. The van der Waals surface area contributed by atoms with Gasteiger partial charge in [-0.1, -0.05) is 24.6 Å². The average Bonchev–Trinajstić information content (AvgIpc) is 3.05. The lowest BCUT2D eigenvalue weighted by atomic mass is 9.47. The van der Waals surface area contributed by atoms with Gasteiger partial charge in [0.15, 0.2) is 11.6 Å². The summed E-state index contributed by atoms with van der Waals surface area (Å²) in [7, 11) is 1.49. The maximum absolute atomic E-state index is 13.6. The van der Waals surface area contributed by atoms with E-state index in [-0.39, 0.29) is 35.0 Å². The van der Waals surface area contributed by atoms with Gasteiger partial charge in [-0.25, -0.2) is 0 Å². The lowest BCUT2D eigenvalue weighted by Crippen LogP contribution is -2.54. The molecule has 1 saturated carbocycles. The van der Waals surface area contributed by atoms with Crippen molar-refractivity contribution >= 4 is 23.4 Å². The average molecular weight is 435 g/mol. The van der Waals surface area contributed by atoms with Gasteiger partial charge in [-0.2, -0.15) is 0 Å². The zero-order valence-corrected chi connectivity index (χ0v) is 18.2. The summed E-state index contributed by atoms with van der Waals surface area (Å²) in [6.07, 6.45) is 4.01. The van der Waals surface area contributed by atoms with E-state index < -0.39 is 29.1 Å². The Hall–Kier alpha value is -3.22. The summed E-state index contributed by atoms with van der Waals surface area (Å²) < 4.78 is 5.57. The highest BCUT2D eigenvalue weighted by atomic mass is 16.5. The molecule has 3 aliphatic carbocycles. The molecule has 2 amide bonds. The number of allylic oxidation sites excluding steroid dienone is 4. The van der Waals surface area contributed by atoms with Gasteiger partial charge in [0, 0.05) is 17.4 Å². The number of aromatic hydroxyl groups is 1. The molecule has 4 aliphatic rings. The number of fused-ring (bicyclic) bond motifs is 4. The van der Waals surface area contributed by atoms with Crippen molar-refractivity contribution in [1.82, 2.24) is 5.32 Å². The number of phenols is 1. The fraction of sp³-hybridized carbons (Fsp3) is 0.440. The minimum Gasteiger partial charge on any atom is -0.508 e. The van der Waals surface area contributed by atoms with Gasteiger partial charge in [0.05, 0.1) is 24.4 Å². The van der Waals surface area contributed by atoms with Crippen LogP contribution in [0, 0.1) is 29.1 Å². The van der Waals surface area contributed by atoms with Gasteiger partial charge in [0.2, 0.25) is 11.8 Å². The van der Waals surface area contributed by atoms with Gasteiger partial charge in [-0.3, -0.25) is 24.5 Å². The zero-order chi connectivity index (χ0) is 22.9. The Balaban J connectivity index is 1.78. The highest BCUT2D eigenvalue weighted by molar-refractivity contribution is 6.13. The van der Waals surface area contributed by atoms with Crippen LogP contribution >= 0.6 is 0 Å². The highest BCUT2D eigenvalue weighted by Crippen LogP contribution is 2.63. The molecular formula is C25H25NO6. The van der Waals surface area contributed by atoms with Crippen LogP contribution in [0.15, 0.2) is 41.5 Å². The molecule has 1 aromatic carbocycles. The number of hydrogen-bond acceptors (Lipinski definition) is 6. The maximum Gasteiger partial charge on any atom is 0.231 e. The van der Waals surface area contributed by atoms with Crippen molar-refractivity contribution in [3.05, 3.63) is 47.1 Å². The first kappa shape index (κ1) is 20.7. The first-order chi connectivity index (χ1) is 15.2. The summed E-state index contributed by atoms with van der Waals surface area (Å²) in [4.78, 5) is 51.9. The molecule has 0 radical (unpaired) electrons. The zero-order valence-electron chi connectivity index (χ0n) is 18.2. The van der Waals surface area contributed by atoms with Crippen LogP contribution < -0.4 is 10.1 Å². The predicted octanol–water partition coefficient (Wildman–Crippen LogP) is 2.44. The normalized spacial score (nSPS) is 35.9. The number of ketones is 2. The molecule has 0 spiro atoms. The maximum atomic E-state index is 13.6. The van der Waals surface area contributed by atoms with Crippen LogP contribution in [-0.2, 0) is 19.2 Å². The Morgan fingerprint density at radius 3 is 2.59 bits per heavy atom. The predicted molar refractivity (Wildman–Crippen MR) is 114 cm³/mol. The van der Waals surface area contributed by atoms with Gasteiger partial charge in [0.1, 0.15) is 11.5 Å². The number of benzene rings is 1. The SMILES string of the molecule is COc1cccc(O)c1[C@H]1C2=CC[C@@H]3C(=O)NC(=O)[C@@H]3[C@@H]2C[C@H]2C(=O)C=C(C)C(=O)[C@@]12C. The van der Waals surface area contributed by atoms with Crippen LogP contribution in [0.5, 0.6) is 11.5 Å². The smallest absolute Gasteiger partial charge is 0.231 e. The van der Waals surface area contributed by atoms with E-state index in [1.807, 2.05) is 6.08 Å². The number of carbonyl (C=O) groups excluding carboxylic acids is 4. The van der Waals surface area contributed by atoms with Crippen LogP contribution in [0.2, 0.25) is 0 Å². The highest BCUT2D eigenvalue weighted by Gasteiger charge is 2.63. The van der Waals surface area contributed by atoms with E-state index in [1.165, 1.54) is 19.3 Å². The van der Waals surface area contributed by atoms with E-state index in [1.54, 1.807) is 26.0 Å². The van der Waals surface area contributed by atoms with E-state index in [2.05, 4.69) is 5.32 Å². The Morgan fingerprint density at radius 2 is 1.88 bits per heavy atom. The standard InChI is InChI=1S/C25H25NO6/c1-11-9-17(28)15-10-14-12(7-8-13-19(14)24(31)26-23(13)30)21(25(15,2)22(11)29)20-16(27)5-4-6-18(20)32-3/h4-7,9,13-15,19,21,27H,8,10H2,1-3H3,(H,26,30,31)/t13-,14+,15-,19-,21+,25+/m0/s1. The largest absolute Gasteiger partial charge is 0.508 e. The molecule has 6 atom stereocenters. The summed E-state index contributed by atoms with van der Waals surface area (Å²) in [5, 5.41) is 13.4. The summed E-state index contributed by atoms with van der Waals surface area (Å²) >= 11 is 0. The van der Waals surface area contributed by atoms with Crippen LogP contribution in [0.1, 0.15) is 38.2 Å². The fourth-order valence-corrected chi connectivity index (χ4v) is 6.62. The summed E-state index contributed by atoms with van der Waals surface area (Å²) in [6, 6.07) is 4.91. The fourth-order valence-electron chi connectivity index (χ4n) is 6.62.